The first-order valence-corrected chi connectivity index (χ1v) is 8.05. The van der Waals surface area contributed by atoms with Gasteiger partial charge in [-0.2, -0.15) is 0 Å². The summed E-state index contributed by atoms with van der Waals surface area (Å²) in [6, 6.07) is 7.87. The van der Waals surface area contributed by atoms with Crippen molar-refractivity contribution < 1.29 is 9.59 Å². The molecule has 0 saturated heterocycles. The van der Waals surface area contributed by atoms with Gasteiger partial charge in [-0.05, 0) is 43.2 Å². The van der Waals surface area contributed by atoms with Gasteiger partial charge in [0.05, 0.1) is 0 Å². The van der Waals surface area contributed by atoms with Crippen LogP contribution in [0.15, 0.2) is 24.3 Å². The molecule has 1 heterocycles. The summed E-state index contributed by atoms with van der Waals surface area (Å²) in [5.74, 6) is 0.439. The molecule has 1 aromatic rings. The summed E-state index contributed by atoms with van der Waals surface area (Å²) in [6.45, 7) is 0.570. The number of carbonyl (C=O) groups is 2. The van der Waals surface area contributed by atoms with Crippen molar-refractivity contribution in [2.45, 2.75) is 38.1 Å². The molecule has 1 atom stereocenters. The summed E-state index contributed by atoms with van der Waals surface area (Å²) >= 11 is 0. The van der Waals surface area contributed by atoms with Gasteiger partial charge in [-0.1, -0.05) is 18.2 Å². The number of amides is 2. The monoisotopic (exact) mass is 301 g/mol. The van der Waals surface area contributed by atoms with E-state index in [1.165, 1.54) is 0 Å². The van der Waals surface area contributed by atoms with Crippen molar-refractivity contribution in [1.29, 1.82) is 0 Å². The van der Waals surface area contributed by atoms with E-state index in [-0.39, 0.29) is 24.4 Å². The lowest BCUT2D eigenvalue weighted by Gasteiger charge is -2.23. The van der Waals surface area contributed by atoms with Crippen molar-refractivity contribution in [2.24, 2.45) is 11.7 Å². The van der Waals surface area contributed by atoms with E-state index >= 15 is 0 Å². The molecule has 0 bridgehead atoms. The average molecular weight is 301 g/mol. The zero-order valence-corrected chi connectivity index (χ0v) is 12.8. The Kier molecular flexibility index (Phi) is 4.43. The molecule has 5 nitrogen and oxygen atoms in total. The van der Waals surface area contributed by atoms with E-state index in [1.807, 2.05) is 24.3 Å². The molecule has 5 heteroatoms. The number of aryl methyl sites for hydroxylation is 1. The maximum Gasteiger partial charge on any atom is 0.240 e. The third-order valence-electron chi connectivity index (χ3n) is 4.48. The normalized spacial score (nSPS) is 19.3. The first-order valence-electron chi connectivity index (χ1n) is 8.05. The highest BCUT2D eigenvalue weighted by Crippen LogP contribution is 2.31. The van der Waals surface area contributed by atoms with E-state index in [0.29, 0.717) is 18.9 Å². The fraction of sp³-hybridized carbons (Fsp3) is 0.529. The highest BCUT2D eigenvalue weighted by Gasteiger charge is 2.29. The van der Waals surface area contributed by atoms with Gasteiger partial charge in [0.1, 0.15) is 6.54 Å². The summed E-state index contributed by atoms with van der Waals surface area (Å²) in [6.07, 6.45) is 4.53. The van der Waals surface area contributed by atoms with Crippen LogP contribution in [0.1, 0.15) is 31.2 Å². The van der Waals surface area contributed by atoms with Gasteiger partial charge in [-0.3, -0.25) is 9.59 Å². The van der Waals surface area contributed by atoms with Crippen molar-refractivity contribution >= 4 is 17.5 Å². The molecule has 2 aliphatic rings. The summed E-state index contributed by atoms with van der Waals surface area (Å²) in [5.41, 5.74) is 8.00. The van der Waals surface area contributed by atoms with Crippen LogP contribution in [0.5, 0.6) is 0 Å². The van der Waals surface area contributed by atoms with Crippen LogP contribution in [-0.4, -0.2) is 30.9 Å². The van der Waals surface area contributed by atoms with E-state index in [4.69, 9.17) is 5.73 Å². The molecule has 1 unspecified atom stereocenters. The maximum absolute atomic E-state index is 12.3. The van der Waals surface area contributed by atoms with Gasteiger partial charge in [0, 0.05) is 24.7 Å². The smallest absolute Gasteiger partial charge is 0.240 e. The van der Waals surface area contributed by atoms with Gasteiger partial charge < -0.3 is 16.0 Å². The zero-order valence-electron chi connectivity index (χ0n) is 12.8. The van der Waals surface area contributed by atoms with Crippen LogP contribution in [-0.2, 0) is 16.0 Å². The number of nitrogens with one attached hydrogen (secondary N) is 1. The van der Waals surface area contributed by atoms with Gasteiger partial charge >= 0.3 is 0 Å². The Morgan fingerprint density at radius 1 is 1.32 bits per heavy atom. The van der Waals surface area contributed by atoms with Crippen LogP contribution in [0.4, 0.5) is 5.69 Å². The van der Waals surface area contributed by atoms with Crippen molar-refractivity contribution in [3.8, 4) is 0 Å². The third kappa shape index (κ3) is 3.47. The number of carbonyl (C=O) groups excluding carboxylic acids is 2. The van der Waals surface area contributed by atoms with Crippen LogP contribution in [0.3, 0.4) is 0 Å². The number of nitrogens with two attached hydrogens (primary N) is 1. The predicted molar refractivity (Wildman–Crippen MR) is 85.4 cm³/mol. The molecule has 118 valence electrons. The zero-order chi connectivity index (χ0) is 15.5. The lowest BCUT2D eigenvalue weighted by molar-refractivity contribution is -0.123. The second-order valence-corrected chi connectivity index (χ2v) is 6.27. The summed E-state index contributed by atoms with van der Waals surface area (Å²) in [7, 11) is 0. The van der Waals surface area contributed by atoms with E-state index in [0.717, 1.165) is 36.9 Å². The summed E-state index contributed by atoms with van der Waals surface area (Å²) < 4.78 is 0. The first-order chi connectivity index (χ1) is 10.6. The number of hydrogen-bond donors (Lipinski definition) is 2. The van der Waals surface area contributed by atoms with Crippen molar-refractivity contribution in [1.82, 2.24) is 5.32 Å². The molecule has 1 saturated carbocycles. The topological polar surface area (TPSA) is 75.4 Å². The maximum atomic E-state index is 12.3. The number of nitrogens with zero attached hydrogens (tertiary/aromatic N) is 1. The number of para-hydroxylation sites is 1. The van der Waals surface area contributed by atoms with Gasteiger partial charge in [-0.25, -0.2) is 0 Å². The Morgan fingerprint density at radius 3 is 2.86 bits per heavy atom. The minimum Gasteiger partial charge on any atom is -0.353 e. The van der Waals surface area contributed by atoms with E-state index in [2.05, 4.69) is 5.32 Å². The predicted octanol–water partition coefficient (Wildman–Crippen LogP) is 1.21. The van der Waals surface area contributed by atoms with Crippen molar-refractivity contribution in [3.05, 3.63) is 29.8 Å². The van der Waals surface area contributed by atoms with Gasteiger partial charge in [0.2, 0.25) is 11.8 Å². The molecule has 1 aliphatic carbocycles. The molecule has 0 radical (unpaired) electrons. The molecular formula is C17H23N3O2. The number of fused-ring (bicyclic) bond motifs is 1. The molecular weight excluding hydrogens is 278 g/mol. The molecule has 3 N–H and O–H groups in total. The SMILES string of the molecule is NC(CNC(=O)CN1C(=O)CCCc2ccccc21)C1CC1. The molecule has 22 heavy (non-hydrogen) atoms. The number of rotatable bonds is 5. The molecule has 1 fully saturated rings. The van der Waals surface area contributed by atoms with Crippen molar-refractivity contribution in [3.63, 3.8) is 0 Å². The highest BCUT2D eigenvalue weighted by atomic mass is 16.2. The fourth-order valence-electron chi connectivity index (χ4n) is 2.98. The van der Waals surface area contributed by atoms with Crippen molar-refractivity contribution in [2.75, 3.05) is 18.0 Å². The standard InChI is InChI=1S/C17H23N3O2/c18-14(12-8-9-12)10-19-16(21)11-20-15-6-2-1-4-13(15)5-3-7-17(20)22/h1-2,4,6,12,14H,3,5,7-11,18H2,(H,19,21). The van der Waals surface area contributed by atoms with Crippen LogP contribution in [0, 0.1) is 5.92 Å². The molecule has 1 aromatic carbocycles. The number of benzene rings is 1. The second-order valence-electron chi connectivity index (χ2n) is 6.27. The Hall–Kier alpha value is -1.88. The average Bonchev–Trinajstić information content (AvgIpc) is 3.35. The minimum absolute atomic E-state index is 0.0200. The molecule has 2 amide bonds. The molecule has 0 aromatic heterocycles. The number of anilines is 1. The molecule has 3 rings (SSSR count). The lowest BCUT2D eigenvalue weighted by Crippen LogP contribution is -2.44. The van der Waals surface area contributed by atoms with E-state index in [9.17, 15) is 9.59 Å². The Bertz CT molecular complexity index is 569. The first kappa shape index (κ1) is 15.0. The Balaban J connectivity index is 1.64. The second kappa shape index (κ2) is 6.48. The highest BCUT2D eigenvalue weighted by molar-refractivity contribution is 5.99. The van der Waals surface area contributed by atoms with Crippen LogP contribution < -0.4 is 16.0 Å². The lowest BCUT2D eigenvalue weighted by atomic mass is 10.1. The van der Waals surface area contributed by atoms with Crippen LogP contribution in [0.25, 0.3) is 0 Å². The summed E-state index contributed by atoms with van der Waals surface area (Å²) in [4.78, 5) is 26.1. The quantitative estimate of drug-likeness (QED) is 0.858. The van der Waals surface area contributed by atoms with Gasteiger partial charge in [0.15, 0.2) is 0 Å². The number of hydrogen-bond acceptors (Lipinski definition) is 3. The van der Waals surface area contributed by atoms with Gasteiger partial charge in [0.25, 0.3) is 0 Å². The van der Waals surface area contributed by atoms with Crippen LogP contribution in [0.2, 0.25) is 0 Å². The molecule has 1 aliphatic heterocycles. The van der Waals surface area contributed by atoms with E-state index < -0.39 is 0 Å². The molecule has 0 spiro atoms. The Morgan fingerprint density at radius 2 is 2.09 bits per heavy atom. The summed E-state index contributed by atoms with van der Waals surface area (Å²) in [5, 5.41) is 2.87. The Labute approximate surface area is 130 Å². The fourth-order valence-corrected chi connectivity index (χ4v) is 2.98. The third-order valence-corrected chi connectivity index (χ3v) is 4.48. The minimum atomic E-state index is -0.138. The van der Waals surface area contributed by atoms with Gasteiger partial charge in [-0.15, -0.1) is 0 Å². The van der Waals surface area contributed by atoms with Crippen LogP contribution >= 0.6 is 0 Å². The largest absolute Gasteiger partial charge is 0.353 e. The van der Waals surface area contributed by atoms with E-state index in [1.54, 1.807) is 4.90 Å².